The van der Waals surface area contributed by atoms with Gasteiger partial charge in [-0.1, -0.05) is 11.6 Å². The molecule has 1 aliphatic heterocycles. The summed E-state index contributed by atoms with van der Waals surface area (Å²) in [5, 5.41) is -0.168. The van der Waals surface area contributed by atoms with Crippen molar-refractivity contribution in [3.63, 3.8) is 0 Å². The SMILES string of the molecule is COc1c(C(C)Cl)cc(Cl)c(F)c1C1CN(C(C)(C)C)C1. The lowest BCUT2D eigenvalue weighted by molar-refractivity contribution is 0.0449. The van der Waals surface area contributed by atoms with Crippen LogP contribution in [0.3, 0.4) is 0 Å². The number of hydrogen-bond donors (Lipinski definition) is 0. The molecule has 1 unspecified atom stereocenters. The number of halogens is 3. The molecule has 0 saturated carbocycles. The molecule has 0 radical (unpaired) electrons. The molecule has 0 aromatic heterocycles. The molecule has 21 heavy (non-hydrogen) atoms. The number of hydrogen-bond acceptors (Lipinski definition) is 2. The first-order valence-corrected chi connectivity index (χ1v) is 7.93. The Kier molecular flexibility index (Phi) is 4.77. The normalized spacial score (nSPS) is 18.5. The second-order valence-corrected chi connectivity index (χ2v) is 7.66. The standard InChI is InChI=1S/C16H22Cl2FNO/c1-9(17)11-6-12(18)14(19)13(15(11)21-5)10-7-20(8-10)16(2,3)4/h6,9-10H,7-8H2,1-5H3. The van der Waals surface area contributed by atoms with Crippen molar-refractivity contribution in [3.8, 4) is 5.75 Å². The Labute approximate surface area is 136 Å². The second kappa shape index (κ2) is 5.94. The van der Waals surface area contributed by atoms with E-state index in [4.69, 9.17) is 27.9 Å². The van der Waals surface area contributed by atoms with E-state index >= 15 is 0 Å². The third-order valence-electron chi connectivity index (χ3n) is 4.11. The topological polar surface area (TPSA) is 12.5 Å². The van der Waals surface area contributed by atoms with Crippen molar-refractivity contribution >= 4 is 23.2 Å². The van der Waals surface area contributed by atoms with E-state index in [0.29, 0.717) is 11.3 Å². The zero-order valence-electron chi connectivity index (χ0n) is 13.1. The molecule has 1 atom stereocenters. The Morgan fingerprint density at radius 2 is 1.95 bits per heavy atom. The highest BCUT2D eigenvalue weighted by atomic mass is 35.5. The quantitative estimate of drug-likeness (QED) is 0.723. The van der Waals surface area contributed by atoms with Crippen LogP contribution in [0.1, 0.15) is 50.1 Å². The lowest BCUT2D eigenvalue weighted by atomic mass is 9.85. The summed E-state index contributed by atoms with van der Waals surface area (Å²) in [5.41, 5.74) is 1.39. The van der Waals surface area contributed by atoms with E-state index in [-0.39, 0.29) is 27.7 Å². The first kappa shape index (κ1) is 16.9. The second-order valence-electron chi connectivity index (χ2n) is 6.60. The van der Waals surface area contributed by atoms with Gasteiger partial charge in [-0.15, -0.1) is 11.6 Å². The van der Waals surface area contributed by atoms with Crippen LogP contribution in [0.25, 0.3) is 0 Å². The molecule has 2 rings (SSSR count). The lowest BCUT2D eigenvalue weighted by Gasteiger charge is -2.48. The van der Waals surface area contributed by atoms with Gasteiger partial charge in [0.05, 0.1) is 17.5 Å². The number of ether oxygens (including phenoxy) is 1. The third-order valence-corrected chi connectivity index (χ3v) is 4.62. The third kappa shape index (κ3) is 3.15. The molecular formula is C16H22Cl2FNO. The van der Waals surface area contributed by atoms with Crippen LogP contribution in [0.4, 0.5) is 4.39 Å². The summed E-state index contributed by atoms with van der Waals surface area (Å²) in [6.07, 6.45) is 0. The molecule has 1 aromatic carbocycles. The zero-order valence-corrected chi connectivity index (χ0v) is 14.6. The average Bonchev–Trinajstić information content (AvgIpc) is 2.30. The van der Waals surface area contributed by atoms with E-state index in [9.17, 15) is 4.39 Å². The van der Waals surface area contributed by atoms with E-state index in [1.54, 1.807) is 13.2 Å². The summed E-state index contributed by atoms with van der Waals surface area (Å²) in [6, 6.07) is 1.57. The van der Waals surface area contributed by atoms with Crippen molar-refractivity contribution in [2.75, 3.05) is 20.2 Å². The van der Waals surface area contributed by atoms with E-state index < -0.39 is 0 Å². The van der Waals surface area contributed by atoms with Crippen LogP contribution in [0.15, 0.2) is 6.07 Å². The maximum Gasteiger partial charge on any atom is 0.149 e. The van der Waals surface area contributed by atoms with Crippen LogP contribution in [0.5, 0.6) is 5.75 Å². The van der Waals surface area contributed by atoms with Crippen LogP contribution in [-0.2, 0) is 0 Å². The molecule has 0 N–H and O–H groups in total. The fraction of sp³-hybridized carbons (Fsp3) is 0.625. The number of alkyl halides is 1. The molecular weight excluding hydrogens is 312 g/mol. The highest BCUT2D eigenvalue weighted by molar-refractivity contribution is 6.31. The molecule has 0 aliphatic carbocycles. The van der Waals surface area contributed by atoms with Crippen LogP contribution in [0.2, 0.25) is 5.02 Å². The van der Waals surface area contributed by atoms with Crippen molar-refractivity contribution in [1.29, 1.82) is 0 Å². The van der Waals surface area contributed by atoms with Gasteiger partial charge in [0.15, 0.2) is 0 Å². The molecule has 0 spiro atoms. The summed E-state index contributed by atoms with van der Waals surface area (Å²) in [5.74, 6) is 0.248. The first-order valence-electron chi connectivity index (χ1n) is 7.11. The van der Waals surface area contributed by atoms with Gasteiger partial charge in [-0.25, -0.2) is 4.39 Å². The molecule has 2 nitrogen and oxygen atoms in total. The zero-order chi connectivity index (χ0) is 15.9. The molecule has 1 heterocycles. The van der Waals surface area contributed by atoms with Crippen molar-refractivity contribution in [3.05, 3.63) is 28.0 Å². The fourth-order valence-electron chi connectivity index (χ4n) is 2.75. The van der Waals surface area contributed by atoms with E-state index in [1.807, 2.05) is 6.92 Å². The van der Waals surface area contributed by atoms with Gasteiger partial charge < -0.3 is 4.74 Å². The van der Waals surface area contributed by atoms with Crippen LogP contribution >= 0.6 is 23.2 Å². The predicted octanol–water partition coefficient (Wildman–Crippen LogP) is 4.99. The Hall–Kier alpha value is -0.510. The molecule has 1 aliphatic rings. The Bertz CT molecular complexity index is 534. The molecule has 1 aromatic rings. The van der Waals surface area contributed by atoms with Crippen molar-refractivity contribution in [2.24, 2.45) is 0 Å². The number of rotatable bonds is 3. The van der Waals surface area contributed by atoms with Crippen molar-refractivity contribution in [1.82, 2.24) is 4.90 Å². The Morgan fingerprint density at radius 1 is 1.38 bits per heavy atom. The van der Waals surface area contributed by atoms with E-state index in [0.717, 1.165) is 18.7 Å². The maximum atomic E-state index is 14.5. The fourth-order valence-corrected chi connectivity index (χ4v) is 3.13. The molecule has 0 bridgehead atoms. The van der Waals surface area contributed by atoms with Gasteiger partial charge in [-0.3, -0.25) is 4.90 Å². The Morgan fingerprint density at radius 3 is 2.38 bits per heavy atom. The Balaban J connectivity index is 2.40. The minimum Gasteiger partial charge on any atom is -0.496 e. The highest BCUT2D eigenvalue weighted by Crippen LogP contribution is 2.44. The van der Waals surface area contributed by atoms with Gasteiger partial charge in [0.1, 0.15) is 11.6 Å². The van der Waals surface area contributed by atoms with Crippen molar-refractivity contribution in [2.45, 2.75) is 44.5 Å². The van der Waals surface area contributed by atoms with E-state index in [1.165, 1.54) is 0 Å². The molecule has 1 saturated heterocycles. The summed E-state index contributed by atoms with van der Waals surface area (Å²) >= 11 is 12.2. The van der Waals surface area contributed by atoms with Crippen LogP contribution < -0.4 is 4.74 Å². The van der Waals surface area contributed by atoms with Gasteiger partial charge in [-0.05, 0) is 33.8 Å². The van der Waals surface area contributed by atoms with Gasteiger partial charge >= 0.3 is 0 Å². The number of nitrogens with zero attached hydrogens (tertiary/aromatic N) is 1. The predicted molar refractivity (Wildman–Crippen MR) is 86.3 cm³/mol. The number of methoxy groups -OCH3 is 1. The van der Waals surface area contributed by atoms with Crippen molar-refractivity contribution < 1.29 is 9.13 Å². The molecule has 0 amide bonds. The van der Waals surface area contributed by atoms with Crippen LogP contribution in [-0.4, -0.2) is 30.6 Å². The van der Waals surface area contributed by atoms with Gasteiger partial charge in [0.2, 0.25) is 0 Å². The summed E-state index contributed by atoms with van der Waals surface area (Å²) in [7, 11) is 1.55. The molecule has 5 heteroatoms. The van der Waals surface area contributed by atoms with Crippen LogP contribution in [0, 0.1) is 5.82 Å². The number of benzene rings is 1. The summed E-state index contributed by atoms with van der Waals surface area (Å²) in [4.78, 5) is 2.31. The largest absolute Gasteiger partial charge is 0.496 e. The monoisotopic (exact) mass is 333 g/mol. The van der Waals surface area contributed by atoms with E-state index in [2.05, 4.69) is 25.7 Å². The highest BCUT2D eigenvalue weighted by Gasteiger charge is 2.39. The number of likely N-dealkylation sites (tertiary alicyclic amines) is 1. The minimum absolute atomic E-state index is 0.0847. The average molecular weight is 334 g/mol. The summed E-state index contributed by atoms with van der Waals surface area (Å²) in [6.45, 7) is 9.89. The minimum atomic E-state index is -0.381. The summed E-state index contributed by atoms with van der Waals surface area (Å²) < 4.78 is 20.0. The maximum absolute atomic E-state index is 14.5. The molecule has 118 valence electrons. The van der Waals surface area contributed by atoms with Gasteiger partial charge in [-0.2, -0.15) is 0 Å². The van der Waals surface area contributed by atoms with Gasteiger partial charge in [0, 0.05) is 35.7 Å². The lowest BCUT2D eigenvalue weighted by Crippen LogP contribution is -2.54. The smallest absolute Gasteiger partial charge is 0.149 e. The van der Waals surface area contributed by atoms with Gasteiger partial charge in [0.25, 0.3) is 0 Å². The molecule has 1 fully saturated rings. The first-order chi connectivity index (χ1) is 9.66.